The zero-order valence-corrected chi connectivity index (χ0v) is 29.0. The molecule has 0 aliphatic heterocycles. The highest BCUT2D eigenvalue weighted by Crippen LogP contribution is 2.46. The van der Waals surface area contributed by atoms with Gasteiger partial charge in [0.25, 0.3) is 0 Å². The van der Waals surface area contributed by atoms with E-state index in [1.807, 2.05) is 11.3 Å². The molecular formula is C48H32N2OS. The molecule has 8 aromatic carbocycles. The second kappa shape index (κ2) is 12.6. The first kappa shape index (κ1) is 30.2. The van der Waals surface area contributed by atoms with Crippen LogP contribution < -0.4 is 9.80 Å². The van der Waals surface area contributed by atoms with Crippen LogP contribution in [0.15, 0.2) is 199 Å². The molecule has 0 amide bonds. The van der Waals surface area contributed by atoms with Crippen LogP contribution in [0.25, 0.3) is 53.2 Å². The minimum atomic E-state index is 0.851. The highest BCUT2D eigenvalue weighted by Gasteiger charge is 2.21. The molecule has 2 heterocycles. The molecular weight excluding hydrogens is 653 g/mol. The van der Waals surface area contributed by atoms with E-state index in [1.54, 1.807) is 0 Å². The number of fused-ring (bicyclic) bond motifs is 6. The Balaban J connectivity index is 1.13. The molecule has 246 valence electrons. The van der Waals surface area contributed by atoms with E-state index in [0.717, 1.165) is 56.1 Å². The summed E-state index contributed by atoms with van der Waals surface area (Å²) in [5, 5.41) is 4.69. The van der Waals surface area contributed by atoms with Gasteiger partial charge in [-0.1, -0.05) is 103 Å². The summed E-state index contributed by atoms with van der Waals surface area (Å²) < 4.78 is 9.19. The standard InChI is InChI=1S/C48H32N2OS/c1-4-13-33(14-5-1)34-23-25-37(26-24-34)50(43-20-12-22-47-48(43)41-19-10-11-21-46(41)52-47)39-27-29-40-42-31-38(28-30-44(42)51-45(40)32-39)49(35-15-6-2-7-16-35)36-17-8-3-9-18-36/h1-32H. The van der Waals surface area contributed by atoms with Gasteiger partial charge in [0, 0.05) is 65.4 Å². The van der Waals surface area contributed by atoms with Crippen LogP contribution in [0, 0.1) is 0 Å². The monoisotopic (exact) mass is 684 g/mol. The van der Waals surface area contributed by atoms with E-state index in [4.69, 9.17) is 4.42 Å². The lowest BCUT2D eigenvalue weighted by atomic mass is 10.0. The number of para-hydroxylation sites is 2. The Bertz CT molecular complexity index is 2800. The van der Waals surface area contributed by atoms with Gasteiger partial charge in [0.05, 0.1) is 5.69 Å². The van der Waals surface area contributed by atoms with Gasteiger partial charge in [0.15, 0.2) is 0 Å². The zero-order chi connectivity index (χ0) is 34.4. The molecule has 0 bridgehead atoms. The van der Waals surface area contributed by atoms with Crippen molar-refractivity contribution in [2.45, 2.75) is 0 Å². The normalized spacial score (nSPS) is 11.5. The maximum Gasteiger partial charge on any atom is 0.137 e. The van der Waals surface area contributed by atoms with Gasteiger partial charge < -0.3 is 14.2 Å². The average molecular weight is 685 g/mol. The number of benzene rings is 8. The minimum Gasteiger partial charge on any atom is -0.456 e. The van der Waals surface area contributed by atoms with Gasteiger partial charge in [0.1, 0.15) is 11.2 Å². The van der Waals surface area contributed by atoms with Gasteiger partial charge in [-0.25, -0.2) is 0 Å². The van der Waals surface area contributed by atoms with E-state index in [-0.39, 0.29) is 0 Å². The van der Waals surface area contributed by atoms with Crippen molar-refractivity contribution in [3.63, 3.8) is 0 Å². The molecule has 0 atom stereocenters. The van der Waals surface area contributed by atoms with E-state index < -0.39 is 0 Å². The predicted molar refractivity (Wildman–Crippen MR) is 221 cm³/mol. The van der Waals surface area contributed by atoms with Crippen molar-refractivity contribution in [3.8, 4) is 11.1 Å². The second-order valence-electron chi connectivity index (χ2n) is 13.0. The molecule has 0 aliphatic rings. The number of anilines is 6. The van der Waals surface area contributed by atoms with Crippen molar-refractivity contribution in [1.29, 1.82) is 0 Å². The SMILES string of the molecule is c1ccc(-c2ccc(N(c3ccc4c(c3)oc3ccc(N(c5ccccc5)c5ccccc5)cc34)c3cccc4sc5ccccc5c34)cc2)cc1. The second-order valence-corrected chi connectivity index (χ2v) is 14.1. The van der Waals surface area contributed by atoms with Crippen molar-refractivity contribution in [3.05, 3.63) is 194 Å². The molecule has 0 fully saturated rings. The lowest BCUT2D eigenvalue weighted by Crippen LogP contribution is -2.10. The molecule has 0 N–H and O–H groups in total. The largest absolute Gasteiger partial charge is 0.456 e. The van der Waals surface area contributed by atoms with Crippen LogP contribution in [0.3, 0.4) is 0 Å². The van der Waals surface area contributed by atoms with E-state index >= 15 is 0 Å². The third kappa shape index (κ3) is 5.20. The molecule has 4 heteroatoms. The third-order valence-corrected chi connectivity index (χ3v) is 11.0. The molecule has 0 saturated carbocycles. The first-order valence-electron chi connectivity index (χ1n) is 17.5. The van der Waals surface area contributed by atoms with Crippen molar-refractivity contribution in [2.24, 2.45) is 0 Å². The first-order chi connectivity index (χ1) is 25.8. The predicted octanol–water partition coefficient (Wildman–Crippen LogP) is 14.6. The van der Waals surface area contributed by atoms with Gasteiger partial charge in [-0.15, -0.1) is 11.3 Å². The van der Waals surface area contributed by atoms with Crippen LogP contribution >= 0.6 is 11.3 Å². The summed E-state index contributed by atoms with van der Waals surface area (Å²) in [6, 6.07) is 69.0. The fourth-order valence-electron chi connectivity index (χ4n) is 7.44. The fraction of sp³-hybridized carbons (Fsp3) is 0. The third-order valence-electron chi connectivity index (χ3n) is 9.84. The molecule has 10 rings (SSSR count). The van der Waals surface area contributed by atoms with E-state index in [0.29, 0.717) is 0 Å². The van der Waals surface area contributed by atoms with Crippen LogP contribution in [0.2, 0.25) is 0 Å². The Hall–Kier alpha value is -6.62. The number of hydrogen-bond donors (Lipinski definition) is 0. The van der Waals surface area contributed by atoms with E-state index in [1.165, 1.54) is 31.3 Å². The molecule has 3 nitrogen and oxygen atoms in total. The molecule has 10 aromatic rings. The number of nitrogens with zero attached hydrogens (tertiary/aromatic N) is 2. The van der Waals surface area contributed by atoms with Gasteiger partial charge in [-0.3, -0.25) is 0 Å². The Morgan fingerprint density at radius 1 is 0.346 bits per heavy atom. The van der Waals surface area contributed by atoms with Crippen molar-refractivity contribution in [1.82, 2.24) is 0 Å². The number of hydrogen-bond acceptors (Lipinski definition) is 4. The Kier molecular flexibility index (Phi) is 7.33. The van der Waals surface area contributed by atoms with Crippen molar-refractivity contribution >= 4 is 87.6 Å². The Morgan fingerprint density at radius 3 is 1.67 bits per heavy atom. The summed E-state index contributed by atoms with van der Waals surface area (Å²) in [6.45, 7) is 0. The van der Waals surface area contributed by atoms with Gasteiger partial charge in [0.2, 0.25) is 0 Å². The molecule has 0 saturated heterocycles. The molecule has 0 spiro atoms. The summed E-state index contributed by atoms with van der Waals surface area (Å²) in [5.41, 5.74) is 10.7. The average Bonchev–Trinajstić information content (AvgIpc) is 3.78. The van der Waals surface area contributed by atoms with Gasteiger partial charge >= 0.3 is 0 Å². The van der Waals surface area contributed by atoms with Gasteiger partial charge in [-0.2, -0.15) is 0 Å². The van der Waals surface area contributed by atoms with Crippen LogP contribution in [0.1, 0.15) is 0 Å². The maximum absolute atomic E-state index is 6.64. The molecule has 0 radical (unpaired) electrons. The number of rotatable bonds is 7. The summed E-state index contributed by atoms with van der Waals surface area (Å²) in [5.74, 6) is 0. The van der Waals surface area contributed by atoms with E-state index in [2.05, 4.69) is 204 Å². The maximum atomic E-state index is 6.64. The van der Waals surface area contributed by atoms with Crippen molar-refractivity contribution in [2.75, 3.05) is 9.80 Å². The van der Waals surface area contributed by atoms with E-state index in [9.17, 15) is 0 Å². The molecule has 2 aromatic heterocycles. The van der Waals surface area contributed by atoms with Crippen LogP contribution in [0.4, 0.5) is 34.1 Å². The highest BCUT2D eigenvalue weighted by atomic mass is 32.1. The Morgan fingerprint density at radius 2 is 0.923 bits per heavy atom. The quantitative estimate of drug-likeness (QED) is 0.167. The summed E-state index contributed by atoms with van der Waals surface area (Å²) in [6.07, 6.45) is 0. The molecule has 0 aliphatic carbocycles. The number of thiophene rings is 1. The number of furan rings is 1. The fourth-order valence-corrected chi connectivity index (χ4v) is 8.56. The molecule has 0 unspecified atom stereocenters. The smallest absolute Gasteiger partial charge is 0.137 e. The Labute approximate surface area is 305 Å². The van der Waals surface area contributed by atoms with Crippen LogP contribution in [-0.4, -0.2) is 0 Å². The molecule has 52 heavy (non-hydrogen) atoms. The topological polar surface area (TPSA) is 19.6 Å². The lowest BCUT2D eigenvalue weighted by molar-refractivity contribution is 0.669. The first-order valence-corrected chi connectivity index (χ1v) is 18.3. The lowest BCUT2D eigenvalue weighted by Gasteiger charge is -2.26. The summed E-state index contributed by atoms with van der Waals surface area (Å²) in [4.78, 5) is 4.67. The van der Waals surface area contributed by atoms with Gasteiger partial charge in [-0.05, 0) is 96.1 Å². The highest BCUT2D eigenvalue weighted by molar-refractivity contribution is 7.26. The van der Waals surface area contributed by atoms with Crippen LogP contribution in [0.5, 0.6) is 0 Å². The zero-order valence-electron chi connectivity index (χ0n) is 28.2. The summed E-state index contributed by atoms with van der Waals surface area (Å²) >= 11 is 1.84. The minimum absolute atomic E-state index is 0.851. The van der Waals surface area contributed by atoms with Crippen molar-refractivity contribution < 1.29 is 4.42 Å². The van der Waals surface area contributed by atoms with Crippen LogP contribution in [-0.2, 0) is 0 Å². The summed E-state index contributed by atoms with van der Waals surface area (Å²) in [7, 11) is 0.